The van der Waals surface area contributed by atoms with Gasteiger partial charge in [-0.1, -0.05) is 49.1 Å². The number of esters is 1. The number of fused-ring (bicyclic) bond motifs is 7. The first-order valence-corrected chi connectivity index (χ1v) is 29.1. The van der Waals surface area contributed by atoms with Crippen LogP contribution in [0.4, 0.5) is 10.1 Å². The molecule has 1 saturated heterocycles. The minimum absolute atomic E-state index is 0.00854. The van der Waals surface area contributed by atoms with Gasteiger partial charge in [-0.15, -0.1) is 0 Å². The average molecular weight is 1150 g/mol. The Morgan fingerprint density at radius 2 is 1.46 bits per heavy atom. The average Bonchev–Trinajstić information content (AvgIpc) is 3.30. The maximum atomic E-state index is 15.4. The number of ketones is 2. The van der Waals surface area contributed by atoms with Gasteiger partial charge < -0.3 is 53.2 Å². The molecule has 1 fully saturated rings. The number of likely N-dealkylation sites (tertiary alicyclic amines) is 1. The van der Waals surface area contributed by atoms with Crippen LogP contribution in [0.3, 0.4) is 0 Å². The first-order valence-electron chi connectivity index (χ1n) is 29.1. The molecule has 6 heterocycles. The molecule has 3 amide bonds. The molecule has 0 saturated carbocycles. The Bertz CT molecular complexity index is 3500. The normalized spacial score (nSPS) is 18.1. The second-order valence-corrected chi connectivity index (χ2v) is 21.8. The summed E-state index contributed by atoms with van der Waals surface area (Å²) in [5, 5.41) is 15.2. The van der Waals surface area contributed by atoms with E-state index in [2.05, 4.69) is 17.2 Å². The fourth-order valence-corrected chi connectivity index (χ4v) is 11.8. The van der Waals surface area contributed by atoms with Crippen molar-refractivity contribution in [2.24, 2.45) is 0 Å². The van der Waals surface area contributed by atoms with E-state index >= 15 is 4.39 Å². The lowest BCUT2D eigenvalue weighted by atomic mass is 9.81. The number of hydrogen-bond acceptors (Lipinski definition) is 15. The summed E-state index contributed by atoms with van der Waals surface area (Å²) in [4.78, 5) is 101. The highest BCUT2D eigenvalue weighted by Crippen LogP contribution is 2.46. The Labute approximate surface area is 486 Å². The number of aliphatic hydroxyl groups is 1. The zero-order valence-electron chi connectivity index (χ0n) is 47.5. The number of rotatable bonds is 27. The van der Waals surface area contributed by atoms with E-state index in [-0.39, 0.29) is 106 Å². The van der Waals surface area contributed by atoms with Gasteiger partial charge in [0, 0.05) is 85.4 Å². The Kier molecular flexibility index (Phi) is 19.2. The number of halogens is 1. The van der Waals surface area contributed by atoms with Crippen LogP contribution >= 0.6 is 0 Å². The third-order valence-corrected chi connectivity index (χ3v) is 16.4. The molecular formula is C64H70FN5O14. The van der Waals surface area contributed by atoms with Gasteiger partial charge in [0.15, 0.2) is 5.60 Å². The number of anilines is 1. The second-order valence-electron chi connectivity index (χ2n) is 21.8. The number of benzene rings is 3. The predicted octanol–water partition coefficient (Wildman–Crippen LogP) is 6.48. The number of nitrogens with one attached hydrogen (secondary N) is 1. The van der Waals surface area contributed by atoms with Crippen molar-refractivity contribution in [1.82, 2.24) is 19.8 Å². The minimum atomic E-state index is -2.02. The third-order valence-electron chi connectivity index (χ3n) is 16.4. The van der Waals surface area contributed by atoms with Gasteiger partial charge in [-0.2, -0.15) is 0 Å². The lowest BCUT2D eigenvalue weighted by molar-refractivity contribution is -0.172. The molecule has 0 radical (unpaired) electrons. The second kappa shape index (κ2) is 27.0. The van der Waals surface area contributed by atoms with E-state index in [1.165, 1.54) is 10.6 Å². The van der Waals surface area contributed by atoms with Crippen LogP contribution in [0.2, 0.25) is 0 Å². The van der Waals surface area contributed by atoms with E-state index in [1.54, 1.807) is 29.7 Å². The lowest BCUT2D eigenvalue weighted by Gasteiger charge is -2.31. The molecule has 442 valence electrons. The van der Waals surface area contributed by atoms with Crippen LogP contribution in [0.5, 0.6) is 0 Å². The maximum absolute atomic E-state index is 15.4. The molecule has 3 aromatic carbocycles. The summed E-state index contributed by atoms with van der Waals surface area (Å²) < 4.78 is 50.6. The molecule has 1 unspecified atom stereocenters. The summed E-state index contributed by atoms with van der Waals surface area (Å²) in [6.45, 7) is 6.22. The number of aryl methyl sites for hydroxylation is 1. The quantitative estimate of drug-likeness (QED) is 0.0320. The molecule has 2 aromatic heterocycles. The van der Waals surface area contributed by atoms with Crippen molar-refractivity contribution < 1.29 is 66.7 Å². The first kappa shape index (κ1) is 59.6. The molecule has 4 aliphatic heterocycles. The van der Waals surface area contributed by atoms with Gasteiger partial charge in [0.25, 0.3) is 5.56 Å². The monoisotopic (exact) mass is 1150 g/mol. The minimum Gasteiger partial charge on any atom is -0.458 e. The molecule has 0 spiro atoms. The summed E-state index contributed by atoms with van der Waals surface area (Å²) >= 11 is 0. The fraction of sp³-hybridized carbons (Fsp3) is 0.469. The van der Waals surface area contributed by atoms with E-state index < -0.39 is 41.1 Å². The van der Waals surface area contributed by atoms with Crippen molar-refractivity contribution >= 4 is 51.8 Å². The molecular weight excluding hydrogens is 1080 g/mol. The number of cyclic esters (lactones) is 1. The highest BCUT2D eigenvalue weighted by Gasteiger charge is 2.46. The molecule has 19 nitrogen and oxygen atoms in total. The van der Waals surface area contributed by atoms with Crippen LogP contribution in [0.1, 0.15) is 134 Å². The van der Waals surface area contributed by atoms with E-state index in [4.69, 9.17) is 33.4 Å². The fourth-order valence-electron chi connectivity index (χ4n) is 11.8. The van der Waals surface area contributed by atoms with Gasteiger partial charge in [-0.25, -0.2) is 14.2 Å². The Hall–Kier alpha value is -7.51. The van der Waals surface area contributed by atoms with E-state index in [0.29, 0.717) is 130 Å². The summed E-state index contributed by atoms with van der Waals surface area (Å²) in [5.74, 6) is 4.23. The molecule has 1 aliphatic carbocycles. The molecule has 20 heteroatoms. The molecule has 3 atom stereocenters. The standard InChI is InChI=1S/C64H70FN5O14/c1-3-64(78)49-34-54-61-47(37-70(54)62(76)48(49)38-84-63(64)77)60-51(21-20-46-40(2)50(65)35-52(67-61)59(46)60)66-55(73)39-83-58-15-8-25-68(58)56(74)22-19-45(72)24-27-80-29-31-82-33-32-81-30-28-79-26-9-13-44(71)18-23-57(75)69-36-43-12-5-4-10-41(43)16-17-42-11-6-7-14-53(42)69/h4-7,10-12,14,34-35,51,58,78H,3,8-9,13,15,18-33,36-39H2,1-2H3,(H,66,73)/t51-,58?,64-/m0/s1. The van der Waals surface area contributed by atoms with Crippen molar-refractivity contribution in [2.45, 2.75) is 128 Å². The van der Waals surface area contributed by atoms with Crippen LogP contribution < -0.4 is 15.8 Å². The first-order chi connectivity index (χ1) is 40.7. The number of carbonyl (C=O) groups excluding carboxylic acids is 6. The smallest absolute Gasteiger partial charge is 0.343 e. The maximum Gasteiger partial charge on any atom is 0.343 e. The number of hydrogen-bond donors (Lipinski definition) is 2. The predicted molar refractivity (Wildman–Crippen MR) is 305 cm³/mol. The van der Waals surface area contributed by atoms with Crippen molar-refractivity contribution in [1.29, 1.82) is 0 Å². The van der Waals surface area contributed by atoms with Gasteiger partial charge in [-0.3, -0.25) is 28.8 Å². The third kappa shape index (κ3) is 13.1. The zero-order chi connectivity index (χ0) is 58.9. The summed E-state index contributed by atoms with van der Waals surface area (Å²) in [6, 6.07) is 17.7. The molecule has 2 N–H and O–H groups in total. The van der Waals surface area contributed by atoms with Gasteiger partial charge in [-0.05, 0) is 92.0 Å². The van der Waals surface area contributed by atoms with Gasteiger partial charge in [0.2, 0.25) is 17.7 Å². The van der Waals surface area contributed by atoms with Crippen LogP contribution in [-0.4, -0.2) is 127 Å². The summed E-state index contributed by atoms with van der Waals surface area (Å²) in [7, 11) is 0. The van der Waals surface area contributed by atoms with Crippen LogP contribution in [0.25, 0.3) is 22.3 Å². The summed E-state index contributed by atoms with van der Waals surface area (Å²) in [6.07, 6.45) is 2.70. The topological polar surface area (TPSA) is 231 Å². The number of carbonyl (C=O) groups is 6. The highest BCUT2D eigenvalue weighted by atomic mass is 19.1. The Morgan fingerprint density at radius 1 is 0.786 bits per heavy atom. The van der Waals surface area contributed by atoms with E-state index in [9.17, 15) is 38.7 Å². The van der Waals surface area contributed by atoms with E-state index in [1.807, 2.05) is 48.5 Å². The molecule has 5 aliphatic rings. The SMILES string of the molecule is CC[C@@]1(O)C(=O)OCc2c1cc1n(c2=O)Cc2c-1nc1cc(F)c(C)c3c1c2[C@@H](NC(=O)COC1CCCN1C(=O)CCC(=O)CCOCCOCCOCCOCCCC(=O)CCC(=O)N1Cc2ccccc2C#Cc2ccccc21)CC3. The largest absolute Gasteiger partial charge is 0.458 e. The van der Waals surface area contributed by atoms with Gasteiger partial charge in [0.05, 0.1) is 93.5 Å². The number of pyridine rings is 2. The molecule has 10 rings (SSSR count). The van der Waals surface area contributed by atoms with E-state index in [0.717, 1.165) is 27.9 Å². The van der Waals surface area contributed by atoms with Crippen LogP contribution in [-0.2, 0) is 88.9 Å². The highest BCUT2D eigenvalue weighted by molar-refractivity contribution is 5.97. The lowest BCUT2D eigenvalue weighted by Crippen LogP contribution is -2.44. The zero-order valence-corrected chi connectivity index (χ0v) is 47.5. The number of ether oxygens (including phenoxy) is 6. The summed E-state index contributed by atoms with van der Waals surface area (Å²) in [5.41, 5.74) is 5.01. The number of aromatic nitrogens is 2. The Morgan fingerprint density at radius 3 is 2.23 bits per heavy atom. The molecule has 5 aromatic rings. The molecule has 84 heavy (non-hydrogen) atoms. The van der Waals surface area contributed by atoms with Crippen LogP contribution in [0, 0.1) is 24.6 Å². The van der Waals surface area contributed by atoms with Gasteiger partial charge >= 0.3 is 5.97 Å². The van der Waals surface area contributed by atoms with Crippen molar-refractivity contribution in [2.75, 3.05) is 70.9 Å². The molecule has 0 bridgehead atoms. The van der Waals surface area contributed by atoms with Gasteiger partial charge in [0.1, 0.15) is 36.8 Å². The number of amides is 3. The number of nitrogens with zero attached hydrogens (tertiary/aromatic N) is 4. The van der Waals surface area contributed by atoms with Crippen molar-refractivity contribution in [3.05, 3.63) is 127 Å². The van der Waals surface area contributed by atoms with Crippen molar-refractivity contribution in [3.63, 3.8) is 0 Å². The Balaban J connectivity index is 0.579. The number of Topliss-reactive ketones (excluding diaryl/α,β-unsaturated/α-hetero) is 2. The van der Waals surface area contributed by atoms with Crippen LogP contribution in [0.15, 0.2) is 65.5 Å². The number of para-hydroxylation sites is 1. The van der Waals surface area contributed by atoms with Crippen molar-refractivity contribution in [3.8, 4) is 23.2 Å².